The summed E-state index contributed by atoms with van der Waals surface area (Å²) in [7, 11) is 8.55. The number of nitrogens with zero attached hydrogens (tertiary/aromatic N) is 1. The van der Waals surface area contributed by atoms with Crippen LogP contribution in [-0.4, -0.2) is 28.3 Å². The molecule has 4 heteroatoms. The van der Waals surface area contributed by atoms with Crippen LogP contribution in [0.5, 0.6) is 0 Å². The van der Waals surface area contributed by atoms with Crippen molar-refractivity contribution < 1.29 is 0 Å². The van der Waals surface area contributed by atoms with Crippen molar-refractivity contribution in [2.75, 3.05) is 14.1 Å². The highest BCUT2D eigenvalue weighted by Gasteiger charge is 1.80. The average Bonchev–Trinajstić information content (AvgIpc) is 1.91. The maximum atomic E-state index is 5.08. The van der Waals surface area contributed by atoms with Gasteiger partial charge in [-0.2, -0.15) is 0 Å². The van der Waals surface area contributed by atoms with Gasteiger partial charge < -0.3 is 10.5 Å². The lowest BCUT2D eigenvalue weighted by atomic mass is 10.4. The third-order valence-electron chi connectivity index (χ3n) is 0.815. The molecule has 0 saturated carbocycles. The van der Waals surface area contributed by atoms with E-state index in [9.17, 15) is 0 Å². The van der Waals surface area contributed by atoms with E-state index in [0.717, 1.165) is 5.82 Å². The lowest BCUT2D eigenvalue weighted by Gasteiger charge is -2.02. The molecule has 0 aromatic carbocycles. The van der Waals surface area contributed by atoms with E-state index in [2.05, 4.69) is 15.5 Å². The van der Waals surface area contributed by atoms with Crippen LogP contribution in [0.1, 0.15) is 0 Å². The molecule has 0 spiro atoms. The van der Waals surface area contributed by atoms with Crippen molar-refractivity contribution in [1.29, 1.82) is 0 Å². The third-order valence-corrected chi connectivity index (χ3v) is 0.815. The smallest absolute Gasteiger partial charge is 0.224 e. The van der Waals surface area contributed by atoms with Crippen LogP contribution in [0.15, 0.2) is 16.9 Å². The maximum Gasteiger partial charge on any atom is 0.224 e. The molecule has 0 aliphatic carbocycles. The van der Waals surface area contributed by atoms with Gasteiger partial charge in [0.05, 0.1) is 5.82 Å². The summed E-state index contributed by atoms with van der Waals surface area (Å²) in [5, 5.41) is 5.27. The Kier molecular flexibility index (Phi) is 4.68. The summed E-state index contributed by atoms with van der Waals surface area (Å²) in [5.74, 6) is 0.737. The van der Waals surface area contributed by atoms with Crippen LogP contribution >= 0.6 is 0 Å². The second-order valence-corrected chi connectivity index (χ2v) is 1.38. The minimum Gasteiger partial charge on any atom is -0.424 e. The lowest BCUT2D eigenvalue weighted by molar-refractivity contribution is 0.922. The Labute approximate surface area is 56.7 Å². The molecule has 0 bridgehead atoms. The van der Waals surface area contributed by atoms with E-state index >= 15 is 0 Å². The van der Waals surface area contributed by atoms with E-state index in [0.29, 0.717) is 0 Å². The normalized spacial score (nSPS) is 12.0. The largest absolute Gasteiger partial charge is 0.424 e. The van der Waals surface area contributed by atoms with E-state index in [1.165, 1.54) is 0 Å². The van der Waals surface area contributed by atoms with Gasteiger partial charge in [0.2, 0.25) is 7.98 Å². The first-order valence-electron chi connectivity index (χ1n) is 2.62. The highest BCUT2D eigenvalue weighted by molar-refractivity contribution is 6.05. The van der Waals surface area contributed by atoms with Gasteiger partial charge in [-0.15, -0.1) is 0 Å². The van der Waals surface area contributed by atoms with Crippen molar-refractivity contribution in [3.8, 4) is 0 Å². The van der Waals surface area contributed by atoms with Crippen LogP contribution in [0, 0.1) is 0 Å². The maximum absolute atomic E-state index is 5.08. The number of hydrogen-bond acceptors (Lipinski definition) is 3. The molecule has 0 amide bonds. The van der Waals surface area contributed by atoms with Crippen molar-refractivity contribution in [3.63, 3.8) is 0 Å². The Bertz CT molecular complexity index is 113. The molecule has 0 fully saturated rings. The van der Waals surface area contributed by atoms with E-state index in [1.54, 1.807) is 26.4 Å². The molecule has 0 rings (SSSR count). The monoisotopic (exact) mass is 123 g/mol. The Hall–Kier alpha value is -0.925. The van der Waals surface area contributed by atoms with E-state index in [-0.39, 0.29) is 0 Å². The van der Waals surface area contributed by atoms with Gasteiger partial charge in [0.25, 0.3) is 0 Å². The predicted molar refractivity (Wildman–Crippen MR) is 40.4 cm³/mol. The minimum absolute atomic E-state index is 0.737. The molecule has 0 heterocycles. The summed E-state index contributed by atoms with van der Waals surface area (Å²) in [6.07, 6.45) is 3.38. The molecular formula is C5H10BN3. The molecule has 0 aromatic rings. The van der Waals surface area contributed by atoms with Crippen LogP contribution in [0.2, 0.25) is 0 Å². The number of nitrogens with one attached hydrogen (secondary N) is 2. The highest BCUT2D eigenvalue weighted by atomic mass is 15.0. The number of rotatable bonds is 3. The SMILES string of the molecule is [B]NC(=CC=NC)NC. The fourth-order valence-corrected chi connectivity index (χ4v) is 0.353. The first kappa shape index (κ1) is 8.07. The van der Waals surface area contributed by atoms with Gasteiger partial charge in [-0.1, -0.05) is 0 Å². The van der Waals surface area contributed by atoms with Crippen LogP contribution in [0.3, 0.4) is 0 Å². The summed E-state index contributed by atoms with van der Waals surface area (Å²) in [6.45, 7) is 0. The quantitative estimate of drug-likeness (QED) is 0.389. The fourth-order valence-electron chi connectivity index (χ4n) is 0.353. The lowest BCUT2D eigenvalue weighted by Crippen LogP contribution is -2.20. The van der Waals surface area contributed by atoms with E-state index in [1.807, 2.05) is 0 Å². The highest BCUT2D eigenvalue weighted by Crippen LogP contribution is 1.73. The predicted octanol–water partition coefficient (Wildman–Crippen LogP) is -0.579. The third kappa shape index (κ3) is 3.64. The molecule has 2 N–H and O–H groups in total. The van der Waals surface area contributed by atoms with Crippen LogP contribution in [0.4, 0.5) is 0 Å². The molecular weight excluding hydrogens is 113 g/mol. The van der Waals surface area contributed by atoms with Gasteiger partial charge in [0.1, 0.15) is 0 Å². The molecule has 3 nitrogen and oxygen atoms in total. The molecule has 0 saturated heterocycles. The zero-order valence-electron chi connectivity index (χ0n) is 5.68. The average molecular weight is 123 g/mol. The first-order chi connectivity index (χ1) is 4.35. The van der Waals surface area contributed by atoms with E-state index in [4.69, 9.17) is 7.98 Å². The Morgan fingerprint density at radius 3 is 2.67 bits per heavy atom. The van der Waals surface area contributed by atoms with Crippen molar-refractivity contribution >= 4 is 14.2 Å². The van der Waals surface area contributed by atoms with Crippen molar-refractivity contribution in [2.24, 2.45) is 4.99 Å². The Morgan fingerprint density at radius 2 is 2.33 bits per heavy atom. The number of allylic oxidation sites excluding steroid dienone is 1. The number of aliphatic imine (C=N–C) groups is 1. The zero-order chi connectivity index (χ0) is 7.11. The topological polar surface area (TPSA) is 36.4 Å². The molecule has 0 aromatic heterocycles. The molecule has 48 valence electrons. The Balaban J connectivity index is 3.75. The van der Waals surface area contributed by atoms with Crippen LogP contribution in [-0.2, 0) is 0 Å². The minimum atomic E-state index is 0.737. The molecule has 9 heavy (non-hydrogen) atoms. The van der Waals surface area contributed by atoms with E-state index < -0.39 is 0 Å². The van der Waals surface area contributed by atoms with Gasteiger partial charge in [-0.3, -0.25) is 4.99 Å². The standard InChI is InChI=1S/C5H10BN3/c1-7-4-3-5(8-2)9-6/h3-4,8-9H,1-2H3. The van der Waals surface area contributed by atoms with Gasteiger partial charge in [0, 0.05) is 20.3 Å². The molecule has 0 unspecified atom stereocenters. The summed E-state index contributed by atoms with van der Waals surface area (Å²) < 4.78 is 0. The molecule has 0 atom stereocenters. The summed E-state index contributed by atoms with van der Waals surface area (Å²) in [6, 6.07) is 0. The van der Waals surface area contributed by atoms with Gasteiger partial charge >= 0.3 is 0 Å². The van der Waals surface area contributed by atoms with Gasteiger partial charge in [-0.25, -0.2) is 0 Å². The fraction of sp³-hybridized carbons (Fsp3) is 0.400. The zero-order valence-corrected chi connectivity index (χ0v) is 5.68. The van der Waals surface area contributed by atoms with Gasteiger partial charge in [0.15, 0.2) is 0 Å². The number of hydrogen-bond donors (Lipinski definition) is 2. The summed E-state index contributed by atoms with van der Waals surface area (Å²) in [4.78, 5) is 3.73. The van der Waals surface area contributed by atoms with Crippen molar-refractivity contribution in [1.82, 2.24) is 10.5 Å². The van der Waals surface area contributed by atoms with Crippen molar-refractivity contribution in [3.05, 3.63) is 11.9 Å². The first-order valence-corrected chi connectivity index (χ1v) is 2.62. The van der Waals surface area contributed by atoms with Crippen LogP contribution < -0.4 is 10.5 Å². The van der Waals surface area contributed by atoms with Crippen molar-refractivity contribution in [2.45, 2.75) is 0 Å². The molecule has 0 aliphatic heterocycles. The summed E-state index contributed by atoms with van der Waals surface area (Å²) >= 11 is 0. The summed E-state index contributed by atoms with van der Waals surface area (Å²) in [5.41, 5.74) is 0. The molecule has 2 radical (unpaired) electrons. The second kappa shape index (κ2) is 5.22. The Morgan fingerprint density at radius 1 is 1.67 bits per heavy atom. The second-order valence-electron chi connectivity index (χ2n) is 1.38. The van der Waals surface area contributed by atoms with Crippen LogP contribution in [0.25, 0.3) is 0 Å². The molecule has 0 aliphatic rings. The van der Waals surface area contributed by atoms with Gasteiger partial charge in [-0.05, 0) is 6.08 Å².